The molecule has 0 saturated carbocycles. The zero-order valence-corrected chi connectivity index (χ0v) is 10.5. The van der Waals surface area contributed by atoms with E-state index in [-0.39, 0.29) is 5.54 Å². The summed E-state index contributed by atoms with van der Waals surface area (Å²) in [6.07, 6.45) is 4.47. The molecule has 0 aromatic heterocycles. The maximum atomic E-state index is 9.33. The highest BCUT2D eigenvalue weighted by atomic mass is 15.2. The number of piperidine rings is 1. The van der Waals surface area contributed by atoms with Gasteiger partial charge in [0.1, 0.15) is 5.54 Å². The van der Waals surface area contributed by atoms with Crippen LogP contribution >= 0.6 is 0 Å². The standard InChI is InChI=1S/C15H20N2/c1-15(13-16)10-5-6-11-17(15)12-9-14-7-3-2-4-8-14/h2-4,7-8H,5-6,9-12H2,1H3. The monoisotopic (exact) mass is 228 g/mol. The number of nitrogens with zero attached hydrogens (tertiary/aromatic N) is 2. The molecule has 90 valence electrons. The van der Waals surface area contributed by atoms with Crippen LogP contribution in [-0.2, 0) is 6.42 Å². The van der Waals surface area contributed by atoms with E-state index in [0.717, 1.165) is 25.9 Å². The van der Waals surface area contributed by atoms with E-state index in [1.807, 2.05) is 6.07 Å². The zero-order valence-electron chi connectivity index (χ0n) is 10.5. The van der Waals surface area contributed by atoms with Gasteiger partial charge in [-0.1, -0.05) is 30.3 Å². The Hall–Kier alpha value is -1.33. The van der Waals surface area contributed by atoms with E-state index in [9.17, 15) is 5.26 Å². The summed E-state index contributed by atoms with van der Waals surface area (Å²) >= 11 is 0. The molecule has 0 aliphatic carbocycles. The lowest BCUT2D eigenvalue weighted by molar-refractivity contribution is 0.108. The third-order valence-corrected chi connectivity index (χ3v) is 3.79. The van der Waals surface area contributed by atoms with E-state index >= 15 is 0 Å². The van der Waals surface area contributed by atoms with Crippen molar-refractivity contribution in [2.75, 3.05) is 13.1 Å². The van der Waals surface area contributed by atoms with Gasteiger partial charge in [0.2, 0.25) is 0 Å². The second-order valence-corrected chi connectivity index (χ2v) is 5.07. The van der Waals surface area contributed by atoms with E-state index < -0.39 is 0 Å². The van der Waals surface area contributed by atoms with Gasteiger partial charge in [-0.2, -0.15) is 5.26 Å². The van der Waals surface area contributed by atoms with Crippen LogP contribution in [0.5, 0.6) is 0 Å². The van der Waals surface area contributed by atoms with Gasteiger partial charge in [0.25, 0.3) is 0 Å². The Kier molecular flexibility index (Phi) is 3.81. The van der Waals surface area contributed by atoms with Crippen molar-refractivity contribution in [2.24, 2.45) is 0 Å². The SMILES string of the molecule is CC1(C#N)CCCCN1CCc1ccccc1. The Labute approximate surface area is 104 Å². The first-order valence-corrected chi connectivity index (χ1v) is 6.45. The van der Waals surface area contributed by atoms with Crippen LogP contribution in [0.4, 0.5) is 0 Å². The average molecular weight is 228 g/mol. The fraction of sp³-hybridized carbons (Fsp3) is 0.533. The van der Waals surface area contributed by atoms with Crippen LogP contribution in [0.3, 0.4) is 0 Å². The highest BCUT2D eigenvalue weighted by Gasteiger charge is 2.33. The second-order valence-electron chi connectivity index (χ2n) is 5.07. The highest BCUT2D eigenvalue weighted by Crippen LogP contribution is 2.27. The third-order valence-electron chi connectivity index (χ3n) is 3.79. The van der Waals surface area contributed by atoms with Gasteiger partial charge in [-0.05, 0) is 44.7 Å². The molecule has 0 bridgehead atoms. The summed E-state index contributed by atoms with van der Waals surface area (Å²) in [6, 6.07) is 13.0. The summed E-state index contributed by atoms with van der Waals surface area (Å²) in [7, 11) is 0. The first-order valence-electron chi connectivity index (χ1n) is 6.45. The molecule has 1 saturated heterocycles. The molecule has 0 N–H and O–H groups in total. The van der Waals surface area contributed by atoms with E-state index in [1.54, 1.807) is 0 Å². The topological polar surface area (TPSA) is 27.0 Å². The molecule has 0 radical (unpaired) electrons. The smallest absolute Gasteiger partial charge is 0.106 e. The number of hydrogen-bond donors (Lipinski definition) is 0. The average Bonchev–Trinajstić information content (AvgIpc) is 2.39. The van der Waals surface area contributed by atoms with Gasteiger partial charge in [0.05, 0.1) is 6.07 Å². The van der Waals surface area contributed by atoms with Gasteiger partial charge in [0.15, 0.2) is 0 Å². The van der Waals surface area contributed by atoms with Crippen LogP contribution in [0.15, 0.2) is 30.3 Å². The fourth-order valence-electron chi connectivity index (χ4n) is 2.57. The molecule has 2 rings (SSSR count). The van der Waals surface area contributed by atoms with Crippen LogP contribution in [0.25, 0.3) is 0 Å². The van der Waals surface area contributed by atoms with Gasteiger partial charge in [-0.15, -0.1) is 0 Å². The van der Waals surface area contributed by atoms with Gasteiger partial charge in [-0.3, -0.25) is 4.90 Å². The number of nitriles is 1. The summed E-state index contributed by atoms with van der Waals surface area (Å²) < 4.78 is 0. The van der Waals surface area contributed by atoms with Crippen molar-refractivity contribution in [3.63, 3.8) is 0 Å². The first kappa shape index (κ1) is 12.1. The Morgan fingerprint density at radius 3 is 2.76 bits per heavy atom. The number of likely N-dealkylation sites (tertiary alicyclic amines) is 1. The molecule has 1 atom stereocenters. The van der Waals surface area contributed by atoms with Gasteiger partial charge < -0.3 is 0 Å². The lowest BCUT2D eigenvalue weighted by Crippen LogP contribution is -2.49. The normalized spacial score (nSPS) is 25.4. The van der Waals surface area contributed by atoms with Gasteiger partial charge >= 0.3 is 0 Å². The minimum atomic E-state index is -0.243. The van der Waals surface area contributed by atoms with Crippen molar-refractivity contribution in [3.05, 3.63) is 35.9 Å². The molecule has 17 heavy (non-hydrogen) atoms. The molecule has 1 aromatic rings. The van der Waals surface area contributed by atoms with Gasteiger partial charge in [0, 0.05) is 6.54 Å². The number of rotatable bonds is 3. The minimum absolute atomic E-state index is 0.243. The third kappa shape index (κ3) is 2.87. The van der Waals surface area contributed by atoms with Crippen LogP contribution in [0.1, 0.15) is 31.7 Å². The maximum Gasteiger partial charge on any atom is 0.106 e. The predicted molar refractivity (Wildman–Crippen MR) is 69.6 cm³/mol. The molecule has 1 heterocycles. The molecular weight excluding hydrogens is 208 g/mol. The molecule has 1 fully saturated rings. The van der Waals surface area contributed by atoms with Crippen molar-refractivity contribution in [3.8, 4) is 6.07 Å². The Morgan fingerprint density at radius 2 is 2.06 bits per heavy atom. The zero-order chi connectivity index (χ0) is 12.1. The summed E-state index contributed by atoms with van der Waals surface area (Å²) in [5.41, 5.74) is 1.12. The summed E-state index contributed by atoms with van der Waals surface area (Å²) in [5.74, 6) is 0. The lowest BCUT2D eigenvalue weighted by Gasteiger charge is -2.39. The van der Waals surface area contributed by atoms with Gasteiger partial charge in [-0.25, -0.2) is 0 Å². The second kappa shape index (κ2) is 5.33. The summed E-state index contributed by atoms with van der Waals surface area (Å²) in [4.78, 5) is 2.35. The molecule has 1 aliphatic heterocycles. The van der Waals surface area contributed by atoms with E-state index in [1.165, 1.54) is 18.4 Å². The fourth-order valence-corrected chi connectivity index (χ4v) is 2.57. The molecule has 0 amide bonds. The highest BCUT2D eigenvalue weighted by molar-refractivity contribution is 5.15. The van der Waals surface area contributed by atoms with E-state index in [2.05, 4.69) is 42.2 Å². The predicted octanol–water partition coefficient (Wildman–Crippen LogP) is 3.00. The minimum Gasteiger partial charge on any atom is -0.285 e. The summed E-state index contributed by atoms with van der Waals surface area (Å²) in [5, 5.41) is 9.33. The molecule has 2 nitrogen and oxygen atoms in total. The molecule has 1 unspecified atom stereocenters. The largest absolute Gasteiger partial charge is 0.285 e. The maximum absolute atomic E-state index is 9.33. The van der Waals surface area contributed by atoms with E-state index in [0.29, 0.717) is 0 Å². The van der Waals surface area contributed by atoms with Crippen LogP contribution in [0.2, 0.25) is 0 Å². The number of hydrogen-bond acceptors (Lipinski definition) is 2. The van der Waals surface area contributed by atoms with Crippen molar-refractivity contribution < 1.29 is 0 Å². The quantitative estimate of drug-likeness (QED) is 0.795. The van der Waals surface area contributed by atoms with Crippen molar-refractivity contribution in [1.29, 1.82) is 5.26 Å². The molecule has 0 spiro atoms. The number of benzene rings is 1. The Bertz CT molecular complexity index is 393. The molecular formula is C15H20N2. The van der Waals surface area contributed by atoms with Crippen molar-refractivity contribution in [1.82, 2.24) is 4.90 Å². The summed E-state index contributed by atoms with van der Waals surface area (Å²) in [6.45, 7) is 4.14. The molecule has 2 heteroatoms. The van der Waals surface area contributed by atoms with Crippen LogP contribution in [-0.4, -0.2) is 23.5 Å². The van der Waals surface area contributed by atoms with Crippen molar-refractivity contribution >= 4 is 0 Å². The Balaban J connectivity index is 1.96. The lowest BCUT2D eigenvalue weighted by atomic mass is 9.89. The molecule has 1 aliphatic rings. The van der Waals surface area contributed by atoms with Crippen molar-refractivity contribution in [2.45, 2.75) is 38.1 Å². The van der Waals surface area contributed by atoms with Crippen LogP contribution < -0.4 is 0 Å². The Morgan fingerprint density at radius 1 is 1.29 bits per heavy atom. The first-order chi connectivity index (χ1) is 8.24. The van der Waals surface area contributed by atoms with Crippen LogP contribution in [0, 0.1) is 11.3 Å². The molecule has 1 aromatic carbocycles. The van der Waals surface area contributed by atoms with E-state index in [4.69, 9.17) is 0 Å².